The van der Waals surface area contributed by atoms with Crippen molar-refractivity contribution >= 4 is 5.82 Å². The summed E-state index contributed by atoms with van der Waals surface area (Å²) < 4.78 is 0. The maximum Gasteiger partial charge on any atom is 0.132 e. The highest BCUT2D eigenvalue weighted by atomic mass is 15.2. The molecule has 0 atom stereocenters. The molecule has 0 unspecified atom stereocenters. The van der Waals surface area contributed by atoms with Gasteiger partial charge in [-0.1, -0.05) is 0 Å². The van der Waals surface area contributed by atoms with Crippen molar-refractivity contribution in [1.29, 1.82) is 0 Å². The summed E-state index contributed by atoms with van der Waals surface area (Å²) in [5.41, 5.74) is 1.10. The fourth-order valence-electron chi connectivity index (χ4n) is 0.968. The molecule has 0 bridgehead atoms. The fourth-order valence-corrected chi connectivity index (χ4v) is 0.968. The zero-order chi connectivity index (χ0) is 10.1. The number of hydrogen-bond acceptors (Lipinski definition) is 3. The normalized spacial score (nSPS) is 11.5. The Bertz CT molecular complexity index is 288. The summed E-state index contributed by atoms with van der Waals surface area (Å²) in [6.07, 6.45) is 1.60. The van der Waals surface area contributed by atoms with Crippen LogP contribution in [-0.2, 0) is 0 Å². The Morgan fingerprint density at radius 2 is 1.85 bits per heavy atom. The van der Waals surface area contributed by atoms with E-state index in [-0.39, 0.29) is 5.54 Å². The first-order chi connectivity index (χ1) is 5.91. The van der Waals surface area contributed by atoms with Crippen LogP contribution in [0.5, 0.6) is 0 Å². The van der Waals surface area contributed by atoms with E-state index in [1.165, 1.54) is 0 Å². The summed E-state index contributed by atoms with van der Waals surface area (Å²) in [4.78, 5) is 10.4. The third kappa shape index (κ3) is 2.41. The van der Waals surface area contributed by atoms with E-state index in [4.69, 9.17) is 0 Å². The lowest BCUT2D eigenvalue weighted by atomic mass is 10.1. The zero-order valence-corrected chi connectivity index (χ0v) is 9.00. The van der Waals surface area contributed by atoms with E-state index in [0.29, 0.717) is 0 Å². The minimum absolute atomic E-state index is 0.0980. The smallest absolute Gasteiger partial charge is 0.132 e. The average molecular weight is 179 g/mol. The number of nitrogens with zero attached hydrogens (tertiary/aromatic N) is 3. The third-order valence-corrected chi connectivity index (χ3v) is 2.14. The molecule has 0 aliphatic rings. The second kappa shape index (κ2) is 3.32. The molecule has 0 saturated carbocycles. The first-order valence-electron chi connectivity index (χ1n) is 4.44. The van der Waals surface area contributed by atoms with Crippen molar-refractivity contribution in [3.05, 3.63) is 18.1 Å². The van der Waals surface area contributed by atoms with Crippen molar-refractivity contribution in [2.24, 2.45) is 0 Å². The lowest BCUT2D eigenvalue weighted by molar-refractivity contribution is 0.533. The minimum atomic E-state index is 0.0980. The molecular formula is C10H17N3. The maximum absolute atomic E-state index is 4.22. The van der Waals surface area contributed by atoms with Crippen LogP contribution in [0, 0.1) is 6.92 Å². The fraction of sp³-hybridized carbons (Fsp3) is 0.600. The molecule has 1 aromatic heterocycles. The van der Waals surface area contributed by atoms with E-state index in [1.54, 1.807) is 6.33 Å². The lowest BCUT2D eigenvalue weighted by Crippen LogP contribution is -2.38. The molecule has 0 N–H and O–H groups in total. The second-order valence-corrected chi connectivity index (χ2v) is 4.25. The van der Waals surface area contributed by atoms with Crippen molar-refractivity contribution in [3.8, 4) is 0 Å². The molecule has 1 rings (SSSR count). The molecule has 3 heteroatoms. The van der Waals surface area contributed by atoms with Gasteiger partial charge in [-0.3, -0.25) is 0 Å². The second-order valence-electron chi connectivity index (χ2n) is 4.25. The van der Waals surface area contributed by atoms with Crippen LogP contribution in [0.3, 0.4) is 0 Å². The third-order valence-electron chi connectivity index (χ3n) is 2.14. The number of anilines is 1. The van der Waals surface area contributed by atoms with E-state index >= 15 is 0 Å². The van der Waals surface area contributed by atoms with E-state index in [1.807, 2.05) is 20.0 Å². The molecule has 0 fully saturated rings. The summed E-state index contributed by atoms with van der Waals surface area (Å²) in [7, 11) is 2.04. The van der Waals surface area contributed by atoms with Gasteiger partial charge in [-0.15, -0.1) is 0 Å². The topological polar surface area (TPSA) is 29.0 Å². The molecule has 0 saturated heterocycles. The van der Waals surface area contributed by atoms with Crippen molar-refractivity contribution in [2.75, 3.05) is 11.9 Å². The molecule has 3 nitrogen and oxygen atoms in total. The van der Waals surface area contributed by atoms with E-state index in [2.05, 4.69) is 35.6 Å². The van der Waals surface area contributed by atoms with Gasteiger partial charge in [0, 0.05) is 24.3 Å². The van der Waals surface area contributed by atoms with Crippen LogP contribution < -0.4 is 4.90 Å². The largest absolute Gasteiger partial charge is 0.355 e. The standard InChI is InChI=1S/C10H17N3/c1-8-6-9(12-7-11-8)13(5)10(2,3)4/h6-7H,1-5H3. The highest BCUT2D eigenvalue weighted by Crippen LogP contribution is 2.18. The summed E-state index contributed by atoms with van der Waals surface area (Å²) in [5.74, 6) is 0.972. The molecule has 0 aliphatic heterocycles. The number of rotatable bonds is 1. The molecule has 0 spiro atoms. The summed E-state index contributed by atoms with van der Waals surface area (Å²) in [5, 5.41) is 0. The van der Waals surface area contributed by atoms with Gasteiger partial charge in [0.2, 0.25) is 0 Å². The van der Waals surface area contributed by atoms with Crippen molar-refractivity contribution in [1.82, 2.24) is 9.97 Å². The SMILES string of the molecule is Cc1cc(N(C)C(C)(C)C)ncn1. The summed E-state index contributed by atoms with van der Waals surface area (Å²) >= 11 is 0. The van der Waals surface area contributed by atoms with Gasteiger partial charge < -0.3 is 4.90 Å². The molecular weight excluding hydrogens is 162 g/mol. The average Bonchev–Trinajstić information content (AvgIpc) is 2.01. The number of hydrogen-bond donors (Lipinski definition) is 0. The van der Waals surface area contributed by atoms with Crippen molar-refractivity contribution in [3.63, 3.8) is 0 Å². The van der Waals surface area contributed by atoms with Crippen LogP contribution in [-0.4, -0.2) is 22.6 Å². The lowest BCUT2D eigenvalue weighted by Gasteiger charge is -2.32. The van der Waals surface area contributed by atoms with E-state index in [0.717, 1.165) is 11.5 Å². The predicted molar refractivity (Wildman–Crippen MR) is 54.9 cm³/mol. The highest BCUT2D eigenvalue weighted by molar-refractivity contribution is 5.40. The highest BCUT2D eigenvalue weighted by Gasteiger charge is 2.18. The first kappa shape index (κ1) is 9.96. The molecule has 0 radical (unpaired) electrons. The van der Waals surface area contributed by atoms with Crippen molar-refractivity contribution < 1.29 is 0 Å². The Hall–Kier alpha value is -1.12. The Balaban J connectivity index is 2.96. The van der Waals surface area contributed by atoms with Crippen LogP contribution in [0.4, 0.5) is 5.82 Å². The molecule has 1 aromatic rings. The molecule has 0 amide bonds. The van der Waals surface area contributed by atoms with Gasteiger partial charge in [0.05, 0.1) is 0 Å². The zero-order valence-electron chi connectivity index (χ0n) is 9.00. The predicted octanol–water partition coefficient (Wildman–Crippen LogP) is 2.02. The van der Waals surface area contributed by atoms with Gasteiger partial charge in [-0.25, -0.2) is 9.97 Å². The molecule has 1 heterocycles. The summed E-state index contributed by atoms with van der Waals surface area (Å²) in [6, 6.07) is 1.99. The monoisotopic (exact) mass is 179 g/mol. The van der Waals surface area contributed by atoms with Crippen LogP contribution in [0.25, 0.3) is 0 Å². The maximum atomic E-state index is 4.22. The minimum Gasteiger partial charge on any atom is -0.355 e. The number of aromatic nitrogens is 2. The Labute approximate surface area is 79.8 Å². The van der Waals surface area contributed by atoms with Gasteiger partial charge in [0.25, 0.3) is 0 Å². The van der Waals surface area contributed by atoms with Crippen LogP contribution in [0.1, 0.15) is 26.5 Å². The quantitative estimate of drug-likeness (QED) is 0.660. The van der Waals surface area contributed by atoms with E-state index < -0.39 is 0 Å². The van der Waals surface area contributed by atoms with Gasteiger partial charge in [-0.2, -0.15) is 0 Å². The molecule has 13 heavy (non-hydrogen) atoms. The van der Waals surface area contributed by atoms with Gasteiger partial charge >= 0.3 is 0 Å². The molecule has 0 aromatic carbocycles. The van der Waals surface area contributed by atoms with Crippen LogP contribution >= 0.6 is 0 Å². The Morgan fingerprint density at radius 3 is 2.31 bits per heavy atom. The molecule has 72 valence electrons. The van der Waals surface area contributed by atoms with Gasteiger partial charge in [0.15, 0.2) is 0 Å². The van der Waals surface area contributed by atoms with Gasteiger partial charge in [-0.05, 0) is 27.7 Å². The number of aryl methyl sites for hydroxylation is 1. The molecule has 0 aliphatic carbocycles. The van der Waals surface area contributed by atoms with Crippen molar-refractivity contribution in [2.45, 2.75) is 33.2 Å². The Morgan fingerprint density at radius 1 is 1.23 bits per heavy atom. The van der Waals surface area contributed by atoms with Crippen LogP contribution in [0.2, 0.25) is 0 Å². The first-order valence-corrected chi connectivity index (χ1v) is 4.44. The summed E-state index contributed by atoms with van der Waals surface area (Å²) in [6.45, 7) is 8.45. The van der Waals surface area contributed by atoms with Crippen LogP contribution in [0.15, 0.2) is 12.4 Å². The van der Waals surface area contributed by atoms with E-state index in [9.17, 15) is 0 Å². The Kier molecular flexibility index (Phi) is 2.55. The van der Waals surface area contributed by atoms with Gasteiger partial charge in [0.1, 0.15) is 12.1 Å².